The highest BCUT2D eigenvalue weighted by atomic mass is 16.2. The van der Waals surface area contributed by atoms with Gasteiger partial charge in [-0.3, -0.25) is 19.5 Å². The summed E-state index contributed by atoms with van der Waals surface area (Å²) in [5, 5.41) is 3.01. The van der Waals surface area contributed by atoms with E-state index >= 15 is 0 Å². The third kappa shape index (κ3) is 3.89. The maximum Gasteiger partial charge on any atom is 0.260 e. The van der Waals surface area contributed by atoms with Gasteiger partial charge in [-0.2, -0.15) is 0 Å². The van der Waals surface area contributed by atoms with Crippen molar-refractivity contribution in [3.63, 3.8) is 0 Å². The van der Waals surface area contributed by atoms with Crippen molar-refractivity contribution < 1.29 is 4.79 Å². The lowest BCUT2D eigenvalue weighted by Crippen LogP contribution is -2.50. The van der Waals surface area contributed by atoms with E-state index in [1.807, 2.05) is 24.4 Å². The molecule has 0 bridgehead atoms. The number of amides is 1. The van der Waals surface area contributed by atoms with Crippen molar-refractivity contribution in [2.24, 2.45) is 5.92 Å². The number of aromatic amines is 1. The van der Waals surface area contributed by atoms with Crippen LogP contribution >= 0.6 is 0 Å². The van der Waals surface area contributed by atoms with Gasteiger partial charge in [0, 0.05) is 38.1 Å². The van der Waals surface area contributed by atoms with Crippen LogP contribution in [0.4, 0.5) is 0 Å². The Morgan fingerprint density at radius 1 is 1.38 bits per heavy atom. The number of likely N-dealkylation sites (tertiary alicyclic amines) is 1. The number of aromatic nitrogens is 2. The number of H-pyrrole nitrogens is 1. The Bertz CT molecular complexity index is 744. The second-order valence-electron chi connectivity index (χ2n) is 6.32. The lowest BCUT2D eigenvalue weighted by Gasteiger charge is -2.37. The fourth-order valence-electron chi connectivity index (χ4n) is 3.16. The summed E-state index contributed by atoms with van der Waals surface area (Å²) < 4.78 is 0. The molecule has 0 spiro atoms. The summed E-state index contributed by atoms with van der Waals surface area (Å²) in [4.78, 5) is 33.3. The van der Waals surface area contributed by atoms with Crippen LogP contribution in [0.3, 0.4) is 0 Å². The van der Waals surface area contributed by atoms with Crippen molar-refractivity contribution in [1.29, 1.82) is 0 Å². The first-order valence-electron chi connectivity index (χ1n) is 8.24. The maximum atomic E-state index is 12.3. The molecule has 1 amide bonds. The van der Waals surface area contributed by atoms with Crippen molar-refractivity contribution in [2.45, 2.75) is 25.9 Å². The molecule has 6 nitrogen and oxygen atoms in total. The van der Waals surface area contributed by atoms with E-state index in [2.05, 4.69) is 27.1 Å². The standard InChI is InChI=1S/C18H22N4O2/c1-13-11-22(12-14-5-2-3-8-19-14)10-7-16(13)21-18(24)15-6-4-9-20-17(15)23/h2-6,8-9,13,16H,7,10-12H2,1H3,(H,20,23)(H,21,24)/t13-,16+/m1/s1. The topological polar surface area (TPSA) is 78.1 Å². The van der Waals surface area contributed by atoms with Crippen LogP contribution in [0.1, 0.15) is 29.4 Å². The normalized spacial score (nSPS) is 21.4. The number of nitrogens with one attached hydrogen (secondary N) is 2. The first-order valence-corrected chi connectivity index (χ1v) is 8.24. The Morgan fingerprint density at radius 3 is 2.96 bits per heavy atom. The van der Waals surface area contributed by atoms with Crippen molar-refractivity contribution in [2.75, 3.05) is 13.1 Å². The van der Waals surface area contributed by atoms with Crippen molar-refractivity contribution in [3.8, 4) is 0 Å². The molecule has 2 atom stereocenters. The predicted molar refractivity (Wildman–Crippen MR) is 91.6 cm³/mol. The van der Waals surface area contributed by atoms with E-state index in [-0.39, 0.29) is 23.1 Å². The van der Waals surface area contributed by atoms with E-state index in [9.17, 15) is 9.59 Å². The third-order valence-electron chi connectivity index (χ3n) is 4.48. The number of carbonyl (C=O) groups is 1. The number of pyridine rings is 2. The summed E-state index contributed by atoms with van der Waals surface area (Å²) in [7, 11) is 0. The van der Waals surface area contributed by atoms with Crippen molar-refractivity contribution in [3.05, 3.63) is 64.3 Å². The molecule has 2 N–H and O–H groups in total. The van der Waals surface area contributed by atoms with Gasteiger partial charge in [0.15, 0.2) is 0 Å². The summed E-state index contributed by atoms with van der Waals surface area (Å²) in [6.45, 7) is 4.75. The summed E-state index contributed by atoms with van der Waals surface area (Å²) >= 11 is 0. The summed E-state index contributed by atoms with van der Waals surface area (Å²) in [6.07, 6.45) is 4.20. The average molecular weight is 326 g/mol. The molecule has 3 heterocycles. The molecular formula is C18H22N4O2. The second-order valence-corrected chi connectivity index (χ2v) is 6.32. The largest absolute Gasteiger partial charge is 0.349 e. The smallest absolute Gasteiger partial charge is 0.260 e. The molecule has 2 aromatic heterocycles. The summed E-state index contributed by atoms with van der Waals surface area (Å²) in [6, 6.07) is 9.23. The lowest BCUT2D eigenvalue weighted by molar-refractivity contribution is 0.0858. The SMILES string of the molecule is C[C@@H]1CN(Cc2ccccn2)CC[C@@H]1NC(=O)c1ccc[nH]c1=O. The van der Waals surface area contributed by atoms with Crippen LogP contribution < -0.4 is 10.9 Å². The van der Waals surface area contributed by atoms with Crippen LogP contribution in [0.15, 0.2) is 47.5 Å². The molecule has 2 aromatic rings. The molecule has 0 aromatic carbocycles. The van der Waals surface area contributed by atoms with Gasteiger partial charge in [-0.15, -0.1) is 0 Å². The highest BCUT2D eigenvalue weighted by Gasteiger charge is 2.28. The molecule has 0 radical (unpaired) electrons. The molecule has 0 saturated carbocycles. The zero-order chi connectivity index (χ0) is 16.9. The zero-order valence-corrected chi connectivity index (χ0v) is 13.7. The van der Waals surface area contributed by atoms with E-state index in [1.54, 1.807) is 12.1 Å². The Kier molecular flexibility index (Phi) is 5.05. The monoisotopic (exact) mass is 326 g/mol. The average Bonchev–Trinajstić information content (AvgIpc) is 2.58. The highest BCUT2D eigenvalue weighted by Crippen LogP contribution is 2.18. The number of piperidine rings is 1. The van der Waals surface area contributed by atoms with Gasteiger partial charge in [-0.25, -0.2) is 0 Å². The van der Waals surface area contributed by atoms with Crippen LogP contribution in [-0.2, 0) is 6.54 Å². The predicted octanol–water partition coefficient (Wildman–Crippen LogP) is 1.41. The van der Waals surface area contributed by atoms with Gasteiger partial charge < -0.3 is 10.3 Å². The number of hydrogen-bond acceptors (Lipinski definition) is 4. The Hall–Kier alpha value is -2.47. The van der Waals surface area contributed by atoms with Gasteiger partial charge in [0.1, 0.15) is 5.56 Å². The van der Waals surface area contributed by atoms with Gasteiger partial charge in [-0.1, -0.05) is 13.0 Å². The molecule has 0 unspecified atom stereocenters. The van der Waals surface area contributed by atoms with Gasteiger partial charge in [0.2, 0.25) is 0 Å². The molecule has 24 heavy (non-hydrogen) atoms. The highest BCUT2D eigenvalue weighted by molar-refractivity contribution is 5.93. The minimum absolute atomic E-state index is 0.0806. The van der Waals surface area contributed by atoms with Gasteiger partial charge in [0.25, 0.3) is 11.5 Å². The molecule has 3 rings (SSSR count). The fourth-order valence-corrected chi connectivity index (χ4v) is 3.16. The molecule has 1 saturated heterocycles. The summed E-state index contributed by atoms with van der Waals surface area (Å²) in [5.41, 5.74) is 0.874. The molecule has 126 valence electrons. The molecule has 1 aliphatic rings. The first kappa shape index (κ1) is 16.4. The van der Waals surface area contributed by atoms with Crippen LogP contribution in [0.2, 0.25) is 0 Å². The van der Waals surface area contributed by atoms with E-state index in [0.717, 1.165) is 31.7 Å². The van der Waals surface area contributed by atoms with Crippen LogP contribution in [0.5, 0.6) is 0 Å². The molecular weight excluding hydrogens is 304 g/mol. The molecule has 1 fully saturated rings. The van der Waals surface area contributed by atoms with Gasteiger partial charge in [0.05, 0.1) is 5.69 Å². The van der Waals surface area contributed by atoms with Crippen LogP contribution in [-0.4, -0.2) is 39.9 Å². The Balaban J connectivity index is 1.57. The van der Waals surface area contributed by atoms with E-state index in [4.69, 9.17) is 0 Å². The van der Waals surface area contributed by atoms with Crippen molar-refractivity contribution >= 4 is 5.91 Å². The summed E-state index contributed by atoms with van der Waals surface area (Å²) in [5.74, 6) is 0.0149. The molecule has 0 aliphatic carbocycles. The van der Waals surface area contributed by atoms with Crippen molar-refractivity contribution in [1.82, 2.24) is 20.2 Å². The van der Waals surface area contributed by atoms with E-state index in [0.29, 0.717) is 5.92 Å². The maximum absolute atomic E-state index is 12.3. The zero-order valence-electron chi connectivity index (χ0n) is 13.7. The van der Waals surface area contributed by atoms with Crippen LogP contribution in [0.25, 0.3) is 0 Å². The fraction of sp³-hybridized carbons (Fsp3) is 0.389. The lowest BCUT2D eigenvalue weighted by atomic mass is 9.93. The minimum Gasteiger partial charge on any atom is -0.349 e. The van der Waals surface area contributed by atoms with E-state index < -0.39 is 0 Å². The Labute approximate surface area is 140 Å². The van der Waals surface area contributed by atoms with E-state index in [1.165, 1.54) is 6.20 Å². The Morgan fingerprint density at radius 2 is 2.25 bits per heavy atom. The second kappa shape index (κ2) is 7.40. The van der Waals surface area contributed by atoms with Crippen LogP contribution in [0, 0.1) is 5.92 Å². The molecule has 6 heteroatoms. The van der Waals surface area contributed by atoms with Gasteiger partial charge >= 0.3 is 0 Å². The quantitative estimate of drug-likeness (QED) is 0.890. The number of rotatable bonds is 4. The minimum atomic E-state index is -0.352. The van der Waals surface area contributed by atoms with Gasteiger partial charge in [-0.05, 0) is 36.6 Å². The molecule has 1 aliphatic heterocycles. The number of nitrogens with zero attached hydrogens (tertiary/aromatic N) is 2. The number of hydrogen-bond donors (Lipinski definition) is 2. The first-order chi connectivity index (χ1) is 11.6. The number of carbonyl (C=O) groups excluding carboxylic acids is 1. The third-order valence-corrected chi connectivity index (χ3v) is 4.48.